The lowest BCUT2D eigenvalue weighted by Crippen LogP contribution is -2.43. The summed E-state index contributed by atoms with van der Waals surface area (Å²) in [6, 6.07) is 17.7. The molecule has 4 aromatic rings. The molecule has 2 aliphatic rings. The van der Waals surface area contributed by atoms with Gasteiger partial charge in [-0.1, -0.05) is 56.3 Å². The molecule has 1 saturated carbocycles. The fourth-order valence-electron chi connectivity index (χ4n) is 6.35. The van der Waals surface area contributed by atoms with Gasteiger partial charge in [0.05, 0.1) is 5.69 Å². The maximum Gasteiger partial charge on any atom is 0.573 e. The van der Waals surface area contributed by atoms with Crippen molar-refractivity contribution >= 4 is 28.6 Å². The number of aliphatic imine (C=N–C) groups is 1. The Labute approximate surface area is 280 Å². The number of amides is 2. The second kappa shape index (κ2) is 14.0. The number of hydrogen-bond donors (Lipinski definition) is 1. The van der Waals surface area contributed by atoms with E-state index < -0.39 is 6.36 Å². The Hall–Kier alpha value is -4.39. The van der Waals surface area contributed by atoms with Crippen LogP contribution in [0.2, 0.25) is 0 Å². The summed E-state index contributed by atoms with van der Waals surface area (Å²) in [7, 11) is 0. The monoisotopic (exact) mass is 680 g/mol. The van der Waals surface area contributed by atoms with Crippen LogP contribution in [0.5, 0.6) is 5.75 Å². The first-order valence-corrected chi connectivity index (χ1v) is 16.9. The molecule has 1 saturated heterocycles. The lowest BCUT2D eigenvalue weighted by Gasteiger charge is -2.37. The molecule has 1 aliphatic heterocycles. The van der Waals surface area contributed by atoms with Gasteiger partial charge < -0.3 is 15.0 Å². The van der Waals surface area contributed by atoms with Crippen LogP contribution >= 0.6 is 11.8 Å². The van der Waals surface area contributed by atoms with Gasteiger partial charge in [-0.3, -0.25) is 0 Å². The molecule has 48 heavy (non-hydrogen) atoms. The van der Waals surface area contributed by atoms with Crippen LogP contribution in [0.15, 0.2) is 78.0 Å². The minimum atomic E-state index is -4.76. The standard InChI is InChI=1S/C35H36F4N6O2S/c1-21(2)29-19-25(36)11-16-31(29)45-22(3)17-18-48-34(45)42-33(46)41-30-6-4-5-28(30)23-7-9-24(10-8-23)32-40-20-44(43-32)26-12-14-27(15-13-26)47-35(37,38)39/h7-16,19-22,28,30H,4-6,17-18H2,1-3H3,(H,41,46). The zero-order valence-corrected chi connectivity index (χ0v) is 27.6. The minimum absolute atomic E-state index is 0.0779. The summed E-state index contributed by atoms with van der Waals surface area (Å²) < 4.78 is 57.0. The number of alkyl halides is 3. The molecule has 0 bridgehead atoms. The van der Waals surface area contributed by atoms with E-state index in [1.165, 1.54) is 41.3 Å². The minimum Gasteiger partial charge on any atom is -0.406 e. The Balaban J connectivity index is 1.13. The number of urea groups is 1. The van der Waals surface area contributed by atoms with Crippen molar-refractivity contribution < 1.29 is 27.1 Å². The second-order valence-electron chi connectivity index (χ2n) is 12.4. The highest BCUT2D eigenvalue weighted by Gasteiger charge is 2.33. The average molecular weight is 681 g/mol. The number of carbonyl (C=O) groups excluding carboxylic acids is 1. The Morgan fingerprint density at radius 2 is 1.79 bits per heavy atom. The van der Waals surface area contributed by atoms with Gasteiger partial charge in [0.2, 0.25) is 0 Å². The number of anilines is 1. The molecule has 6 rings (SSSR count). The van der Waals surface area contributed by atoms with Crippen LogP contribution in [0.3, 0.4) is 0 Å². The number of thioether (sulfide) groups is 1. The lowest BCUT2D eigenvalue weighted by atomic mass is 9.93. The van der Waals surface area contributed by atoms with Gasteiger partial charge in [0.25, 0.3) is 0 Å². The van der Waals surface area contributed by atoms with Crippen molar-refractivity contribution in [2.24, 2.45) is 4.99 Å². The smallest absolute Gasteiger partial charge is 0.406 e. The van der Waals surface area contributed by atoms with E-state index in [0.717, 1.165) is 53.8 Å². The lowest BCUT2D eigenvalue weighted by molar-refractivity contribution is -0.274. The van der Waals surface area contributed by atoms with Crippen LogP contribution in [0, 0.1) is 5.82 Å². The van der Waals surface area contributed by atoms with E-state index in [2.05, 4.69) is 37.0 Å². The Bertz CT molecular complexity index is 1780. The first kappa shape index (κ1) is 33.5. The van der Waals surface area contributed by atoms with Crippen LogP contribution < -0.4 is 15.0 Å². The summed E-state index contributed by atoms with van der Waals surface area (Å²) in [5.41, 5.74) is 4.17. The molecule has 13 heteroatoms. The van der Waals surface area contributed by atoms with Crippen LogP contribution in [0.4, 0.5) is 28.0 Å². The van der Waals surface area contributed by atoms with E-state index in [-0.39, 0.29) is 41.5 Å². The van der Waals surface area contributed by atoms with E-state index in [1.54, 1.807) is 23.9 Å². The number of aromatic nitrogens is 3. The highest BCUT2D eigenvalue weighted by Crippen LogP contribution is 2.37. The van der Waals surface area contributed by atoms with Gasteiger partial charge >= 0.3 is 12.4 Å². The third-order valence-electron chi connectivity index (χ3n) is 8.73. The van der Waals surface area contributed by atoms with E-state index >= 15 is 0 Å². The summed E-state index contributed by atoms with van der Waals surface area (Å²) in [5, 5.41) is 8.28. The van der Waals surface area contributed by atoms with Crippen LogP contribution in [-0.4, -0.2) is 50.2 Å². The third-order valence-corrected chi connectivity index (χ3v) is 9.72. The zero-order chi connectivity index (χ0) is 34.0. The number of halogens is 4. The molecule has 3 aromatic carbocycles. The molecule has 0 spiro atoms. The number of nitrogens with one attached hydrogen (secondary N) is 1. The number of carbonyl (C=O) groups is 1. The van der Waals surface area contributed by atoms with Gasteiger partial charge in [0.15, 0.2) is 11.0 Å². The molecule has 0 radical (unpaired) electrons. The number of rotatable bonds is 7. The fourth-order valence-corrected chi connectivity index (χ4v) is 7.56. The SMILES string of the molecule is CC(C)c1cc(F)ccc1N1C(=NC(=O)NC2CCCC2c2ccc(-c3ncn(-c4ccc(OC(F)(F)F)cc4)n3)cc2)SCCC1C. The topological polar surface area (TPSA) is 84.6 Å². The number of nitrogens with zero attached hydrogens (tertiary/aromatic N) is 5. The number of benzene rings is 3. The molecular formula is C35H36F4N6O2S. The number of amidine groups is 1. The molecule has 8 nitrogen and oxygen atoms in total. The molecule has 252 valence electrons. The summed E-state index contributed by atoms with van der Waals surface area (Å²) >= 11 is 1.54. The average Bonchev–Trinajstić information content (AvgIpc) is 3.72. The first-order valence-electron chi connectivity index (χ1n) is 15.9. The molecule has 2 fully saturated rings. The maximum atomic E-state index is 14.2. The molecular weight excluding hydrogens is 644 g/mol. The normalized spacial score (nSPS) is 20.8. The van der Waals surface area contributed by atoms with Crippen molar-refractivity contribution in [1.29, 1.82) is 0 Å². The molecule has 1 aromatic heterocycles. The number of ether oxygens (including phenoxy) is 1. The van der Waals surface area contributed by atoms with Gasteiger partial charge in [-0.05, 0) is 85.7 Å². The highest BCUT2D eigenvalue weighted by atomic mass is 32.2. The summed E-state index contributed by atoms with van der Waals surface area (Å²) in [5.74, 6) is 0.931. The zero-order valence-electron chi connectivity index (χ0n) is 26.7. The third kappa shape index (κ3) is 7.67. The van der Waals surface area contributed by atoms with Crippen LogP contribution in [0.25, 0.3) is 17.1 Å². The van der Waals surface area contributed by atoms with Crippen molar-refractivity contribution in [3.05, 3.63) is 90.0 Å². The summed E-state index contributed by atoms with van der Waals surface area (Å²) in [6.07, 6.45) is 0.394. The Morgan fingerprint density at radius 1 is 1.04 bits per heavy atom. The molecule has 3 unspecified atom stereocenters. The van der Waals surface area contributed by atoms with Crippen molar-refractivity contribution in [1.82, 2.24) is 20.1 Å². The first-order chi connectivity index (χ1) is 22.9. The molecule has 2 amide bonds. The Kier molecular flexibility index (Phi) is 9.77. The van der Waals surface area contributed by atoms with Gasteiger partial charge in [-0.15, -0.1) is 18.3 Å². The highest BCUT2D eigenvalue weighted by molar-refractivity contribution is 8.14. The maximum absolute atomic E-state index is 14.2. The fraction of sp³-hybridized carbons (Fsp3) is 0.371. The molecule has 3 atom stereocenters. The van der Waals surface area contributed by atoms with Crippen molar-refractivity contribution in [3.8, 4) is 22.8 Å². The van der Waals surface area contributed by atoms with Crippen LogP contribution in [0.1, 0.15) is 69.4 Å². The van der Waals surface area contributed by atoms with E-state index in [1.807, 2.05) is 38.1 Å². The largest absolute Gasteiger partial charge is 0.573 e. The number of hydrogen-bond acceptors (Lipinski definition) is 5. The van der Waals surface area contributed by atoms with Crippen molar-refractivity contribution in [2.75, 3.05) is 10.7 Å². The van der Waals surface area contributed by atoms with E-state index in [9.17, 15) is 22.4 Å². The predicted molar refractivity (Wildman–Crippen MR) is 179 cm³/mol. The van der Waals surface area contributed by atoms with Gasteiger partial charge in [0, 0.05) is 35.0 Å². The van der Waals surface area contributed by atoms with Crippen molar-refractivity contribution in [3.63, 3.8) is 0 Å². The molecule has 2 heterocycles. The quantitative estimate of drug-likeness (QED) is 0.197. The van der Waals surface area contributed by atoms with Crippen LogP contribution in [-0.2, 0) is 0 Å². The summed E-state index contributed by atoms with van der Waals surface area (Å²) in [4.78, 5) is 24.4. The van der Waals surface area contributed by atoms with Gasteiger partial charge in [-0.25, -0.2) is 18.9 Å². The van der Waals surface area contributed by atoms with Gasteiger partial charge in [-0.2, -0.15) is 4.99 Å². The van der Waals surface area contributed by atoms with E-state index in [4.69, 9.17) is 0 Å². The second-order valence-corrected chi connectivity index (χ2v) is 13.4. The van der Waals surface area contributed by atoms with Gasteiger partial charge in [0.1, 0.15) is 17.9 Å². The van der Waals surface area contributed by atoms with E-state index in [0.29, 0.717) is 16.7 Å². The van der Waals surface area contributed by atoms with Crippen molar-refractivity contribution in [2.45, 2.75) is 76.7 Å². The molecule has 1 N–H and O–H groups in total. The Morgan fingerprint density at radius 3 is 2.50 bits per heavy atom. The predicted octanol–water partition coefficient (Wildman–Crippen LogP) is 8.83. The summed E-state index contributed by atoms with van der Waals surface area (Å²) in [6.45, 7) is 6.16. The molecule has 1 aliphatic carbocycles.